The van der Waals surface area contributed by atoms with Crippen molar-refractivity contribution in [2.45, 2.75) is 6.92 Å². The Bertz CT molecular complexity index is 1130. The molecule has 0 radical (unpaired) electrons. The predicted molar refractivity (Wildman–Crippen MR) is 122 cm³/mol. The predicted octanol–water partition coefficient (Wildman–Crippen LogP) is 3.54. The Labute approximate surface area is 190 Å². The van der Waals surface area contributed by atoms with E-state index in [0.29, 0.717) is 29.3 Å². The number of ether oxygens (including phenoxy) is 3. The van der Waals surface area contributed by atoms with Crippen LogP contribution < -0.4 is 20.1 Å². The Hall–Kier alpha value is -4.40. The van der Waals surface area contributed by atoms with Crippen LogP contribution in [-0.4, -0.2) is 43.1 Å². The number of nitrogens with zero attached hydrogens (tertiary/aromatic N) is 1. The van der Waals surface area contributed by atoms with E-state index in [0.717, 1.165) is 0 Å². The summed E-state index contributed by atoms with van der Waals surface area (Å²) >= 11 is 0. The number of carbonyl (C=O) groups excluding carboxylic acids is 3. The van der Waals surface area contributed by atoms with E-state index < -0.39 is 18.5 Å². The largest absolute Gasteiger partial charge is 0.495 e. The molecule has 0 fully saturated rings. The van der Waals surface area contributed by atoms with Gasteiger partial charge in [-0.05, 0) is 55.5 Å². The van der Waals surface area contributed by atoms with Gasteiger partial charge in [-0.25, -0.2) is 9.78 Å². The van der Waals surface area contributed by atoms with Crippen LogP contribution >= 0.6 is 0 Å². The van der Waals surface area contributed by atoms with Gasteiger partial charge in [-0.1, -0.05) is 12.1 Å². The van der Waals surface area contributed by atoms with Gasteiger partial charge in [0.2, 0.25) is 5.88 Å². The molecule has 0 aliphatic carbocycles. The summed E-state index contributed by atoms with van der Waals surface area (Å²) in [5.74, 6) is -0.884. The maximum absolute atomic E-state index is 12.5. The zero-order valence-corrected chi connectivity index (χ0v) is 18.2. The summed E-state index contributed by atoms with van der Waals surface area (Å²) in [6.45, 7) is 1.62. The van der Waals surface area contributed by atoms with Crippen molar-refractivity contribution < 1.29 is 28.6 Å². The van der Waals surface area contributed by atoms with Gasteiger partial charge in [0, 0.05) is 17.4 Å². The third-order valence-corrected chi connectivity index (χ3v) is 4.39. The second kappa shape index (κ2) is 11.3. The first kappa shape index (κ1) is 23.3. The quantitative estimate of drug-likeness (QED) is 0.480. The van der Waals surface area contributed by atoms with E-state index in [2.05, 4.69) is 15.6 Å². The van der Waals surface area contributed by atoms with E-state index in [-0.39, 0.29) is 17.4 Å². The molecule has 1 heterocycles. The number of anilines is 2. The molecule has 170 valence electrons. The van der Waals surface area contributed by atoms with E-state index in [1.165, 1.54) is 19.4 Å². The highest BCUT2D eigenvalue weighted by Crippen LogP contribution is 2.24. The fourth-order valence-electron chi connectivity index (χ4n) is 2.85. The van der Waals surface area contributed by atoms with Gasteiger partial charge in [0.15, 0.2) is 6.61 Å². The summed E-state index contributed by atoms with van der Waals surface area (Å²) < 4.78 is 15.6. The summed E-state index contributed by atoms with van der Waals surface area (Å²) in [6, 6.07) is 16.4. The zero-order valence-electron chi connectivity index (χ0n) is 18.2. The van der Waals surface area contributed by atoms with Crippen molar-refractivity contribution in [1.29, 1.82) is 0 Å². The lowest BCUT2D eigenvalue weighted by Gasteiger charge is -2.11. The van der Waals surface area contributed by atoms with E-state index in [1.807, 2.05) is 0 Å². The molecule has 0 bridgehead atoms. The number of aromatic nitrogens is 1. The van der Waals surface area contributed by atoms with Gasteiger partial charge in [-0.15, -0.1) is 0 Å². The topological polar surface area (TPSA) is 116 Å². The maximum Gasteiger partial charge on any atom is 0.344 e. The van der Waals surface area contributed by atoms with E-state index in [4.69, 9.17) is 14.2 Å². The van der Waals surface area contributed by atoms with Gasteiger partial charge in [0.25, 0.3) is 11.8 Å². The number of para-hydroxylation sites is 2. The minimum absolute atomic E-state index is 0.137. The molecule has 0 atom stereocenters. The van der Waals surface area contributed by atoms with Crippen molar-refractivity contribution in [3.63, 3.8) is 0 Å². The molecule has 2 N–H and O–H groups in total. The highest BCUT2D eigenvalue weighted by Gasteiger charge is 2.16. The smallest absolute Gasteiger partial charge is 0.344 e. The summed E-state index contributed by atoms with van der Waals surface area (Å²) in [4.78, 5) is 40.9. The first-order valence-corrected chi connectivity index (χ1v) is 10.1. The zero-order chi connectivity index (χ0) is 23.6. The van der Waals surface area contributed by atoms with Gasteiger partial charge >= 0.3 is 5.97 Å². The number of methoxy groups -OCH3 is 1. The number of rotatable bonds is 9. The van der Waals surface area contributed by atoms with Crippen molar-refractivity contribution in [1.82, 2.24) is 4.98 Å². The lowest BCUT2D eigenvalue weighted by molar-refractivity contribution is -0.119. The normalized spacial score (nSPS) is 10.1. The van der Waals surface area contributed by atoms with Crippen LogP contribution in [0.15, 0.2) is 66.9 Å². The first-order valence-electron chi connectivity index (χ1n) is 10.1. The van der Waals surface area contributed by atoms with Crippen LogP contribution in [0.2, 0.25) is 0 Å². The molecule has 0 spiro atoms. The number of pyridine rings is 1. The molecule has 0 aliphatic rings. The molecule has 2 aromatic carbocycles. The van der Waals surface area contributed by atoms with Gasteiger partial charge < -0.3 is 24.8 Å². The van der Waals surface area contributed by atoms with Gasteiger partial charge in [0.1, 0.15) is 11.3 Å². The van der Waals surface area contributed by atoms with Crippen LogP contribution in [-0.2, 0) is 9.53 Å². The molecule has 9 heteroatoms. The molecule has 1 aromatic heterocycles. The average molecular weight is 449 g/mol. The van der Waals surface area contributed by atoms with Gasteiger partial charge in [0.05, 0.1) is 19.4 Å². The van der Waals surface area contributed by atoms with Gasteiger partial charge in [-0.3, -0.25) is 9.59 Å². The monoisotopic (exact) mass is 449 g/mol. The fraction of sp³-hybridized carbons (Fsp3) is 0.167. The number of hydrogen-bond acceptors (Lipinski definition) is 7. The van der Waals surface area contributed by atoms with Crippen molar-refractivity contribution in [2.24, 2.45) is 0 Å². The van der Waals surface area contributed by atoms with Crippen LogP contribution in [0, 0.1) is 0 Å². The van der Waals surface area contributed by atoms with Crippen molar-refractivity contribution in [3.8, 4) is 11.6 Å². The standard InChI is InChI=1S/C24H23N3O6/c1-3-32-23-18(7-6-14-25-23)24(30)33-15-21(28)26-17-12-10-16(11-13-17)22(29)27-19-8-4-5-9-20(19)31-2/h4-14H,3,15H2,1-2H3,(H,26,28)(H,27,29). The molecule has 9 nitrogen and oxygen atoms in total. The van der Waals surface area contributed by atoms with Crippen LogP contribution in [0.3, 0.4) is 0 Å². The highest BCUT2D eigenvalue weighted by atomic mass is 16.5. The molecule has 3 aromatic rings. The Morgan fingerprint density at radius 3 is 2.42 bits per heavy atom. The third kappa shape index (κ3) is 6.30. The SMILES string of the molecule is CCOc1ncccc1C(=O)OCC(=O)Nc1ccc(C(=O)Nc2ccccc2OC)cc1. The van der Waals surface area contributed by atoms with Crippen molar-refractivity contribution in [2.75, 3.05) is 31.0 Å². The van der Waals surface area contributed by atoms with Gasteiger partial charge in [-0.2, -0.15) is 0 Å². The number of nitrogens with one attached hydrogen (secondary N) is 2. The van der Waals surface area contributed by atoms with Crippen LogP contribution in [0.25, 0.3) is 0 Å². The molecule has 0 unspecified atom stereocenters. The van der Waals surface area contributed by atoms with Crippen LogP contribution in [0.5, 0.6) is 11.6 Å². The molecular formula is C24H23N3O6. The highest BCUT2D eigenvalue weighted by molar-refractivity contribution is 6.05. The number of amides is 2. The van der Waals surface area contributed by atoms with E-state index in [1.54, 1.807) is 61.5 Å². The Kier molecular flexibility index (Phi) is 7.96. The van der Waals surface area contributed by atoms with Crippen molar-refractivity contribution >= 4 is 29.2 Å². The fourth-order valence-corrected chi connectivity index (χ4v) is 2.85. The lowest BCUT2D eigenvalue weighted by atomic mass is 10.2. The Morgan fingerprint density at radius 2 is 1.70 bits per heavy atom. The molecule has 0 saturated carbocycles. The van der Waals surface area contributed by atoms with E-state index >= 15 is 0 Å². The number of carbonyl (C=O) groups is 3. The summed E-state index contributed by atoms with van der Waals surface area (Å²) in [5, 5.41) is 5.38. The van der Waals surface area contributed by atoms with Crippen LogP contribution in [0.4, 0.5) is 11.4 Å². The molecular weight excluding hydrogens is 426 g/mol. The number of hydrogen-bond donors (Lipinski definition) is 2. The average Bonchev–Trinajstić information content (AvgIpc) is 2.84. The minimum Gasteiger partial charge on any atom is -0.495 e. The first-order chi connectivity index (χ1) is 16.0. The van der Waals surface area contributed by atoms with Crippen molar-refractivity contribution in [3.05, 3.63) is 78.0 Å². The second-order valence-electron chi connectivity index (χ2n) is 6.65. The molecule has 2 amide bonds. The molecule has 3 rings (SSSR count). The molecule has 0 aliphatic heterocycles. The number of benzene rings is 2. The van der Waals surface area contributed by atoms with Crippen LogP contribution in [0.1, 0.15) is 27.6 Å². The summed E-state index contributed by atoms with van der Waals surface area (Å²) in [7, 11) is 1.52. The summed E-state index contributed by atoms with van der Waals surface area (Å²) in [6.07, 6.45) is 1.49. The Balaban J connectivity index is 1.54. The summed E-state index contributed by atoms with van der Waals surface area (Å²) in [5.41, 5.74) is 1.52. The second-order valence-corrected chi connectivity index (χ2v) is 6.65. The molecule has 0 saturated heterocycles. The maximum atomic E-state index is 12.5. The molecule has 33 heavy (non-hydrogen) atoms. The Morgan fingerprint density at radius 1 is 0.939 bits per heavy atom. The minimum atomic E-state index is -0.718. The lowest BCUT2D eigenvalue weighted by Crippen LogP contribution is -2.21. The number of esters is 1. The third-order valence-electron chi connectivity index (χ3n) is 4.39. The van der Waals surface area contributed by atoms with E-state index in [9.17, 15) is 14.4 Å².